The van der Waals surface area contributed by atoms with Gasteiger partial charge in [-0.25, -0.2) is 0 Å². The normalized spacial score (nSPS) is 18.9. The summed E-state index contributed by atoms with van der Waals surface area (Å²) in [4.78, 5) is 4.99. The zero-order valence-corrected chi connectivity index (χ0v) is 22.5. The third kappa shape index (κ3) is 3.60. The predicted octanol–water partition coefficient (Wildman–Crippen LogP) is 9.86. The number of aromatic nitrogens is 1. The molecule has 2 aliphatic rings. The Morgan fingerprint density at radius 1 is 0.778 bits per heavy atom. The SMILES string of the molecule is CC(C)(C)c1cc(-c2nccc3c2sc2c4c(ccc23)CC(C2CCCCC2)C4)cc2ccccc12. The molecule has 1 atom stereocenters. The number of hydrogen-bond donors (Lipinski definition) is 0. The highest BCUT2D eigenvalue weighted by atomic mass is 32.1. The van der Waals surface area contributed by atoms with Gasteiger partial charge in [-0.1, -0.05) is 89.3 Å². The summed E-state index contributed by atoms with van der Waals surface area (Å²) in [5.74, 6) is 1.78. The topological polar surface area (TPSA) is 12.9 Å². The fourth-order valence-electron chi connectivity index (χ4n) is 7.11. The Hall–Kier alpha value is -2.71. The maximum absolute atomic E-state index is 4.99. The van der Waals surface area contributed by atoms with Crippen LogP contribution in [0.5, 0.6) is 0 Å². The molecule has 2 aromatic heterocycles. The fraction of sp³-hybridized carbons (Fsp3) is 0.382. The van der Waals surface area contributed by atoms with Gasteiger partial charge in [0.05, 0.1) is 10.4 Å². The van der Waals surface area contributed by atoms with Gasteiger partial charge in [0, 0.05) is 27.2 Å². The maximum Gasteiger partial charge on any atom is 0.0880 e. The van der Waals surface area contributed by atoms with Crippen LogP contribution in [0.2, 0.25) is 0 Å². The van der Waals surface area contributed by atoms with E-state index in [1.54, 1.807) is 11.1 Å². The Morgan fingerprint density at radius 2 is 1.58 bits per heavy atom. The molecule has 182 valence electrons. The van der Waals surface area contributed by atoms with Crippen molar-refractivity contribution in [3.63, 3.8) is 0 Å². The van der Waals surface area contributed by atoms with Gasteiger partial charge in [-0.15, -0.1) is 11.3 Å². The quantitative estimate of drug-likeness (QED) is 0.240. The van der Waals surface area contributed by atoms with Crippen molar-refractivity contribution in [3.05, 3.63) is 77.5 Å². The number of thiophene rings is 1. The molecule has 0 spiro atoms. The molecule has 1 nitrogen and oxygen atoms in total. The Kier molecular flexibility index (Phi) is 5.26. The average molecular weight is 490 g/mol. The molecule has 3 aromatic carbocycles. The van der Waals surface area contributed by atoms with Crippen LogP contribution in [0.4, 0.5) is 0 Å². The summed E-state index contributed by atoms with van der Waals surface area (Å²) >= 11 is 1.99. The minimum atomic E-state index is 0.0681. The zero-order chi connectivity index (χ0) is 24.4. The molecule has 2 aliphatic carbocycles. The van der Waals surface area contributed by atoms with Crippen LogP contribution in [-0.2, 0) is 18.3 Å². The minimum absolute atomic E-state index is 0.0681. The lowest BCUT2D eigenvalue weighted by Crippen LogP contribution is -2.18. The Balaban J connectivity index is 1.39. The Labute approximate surface area is 218 Å². The monoisotopic (exact) mass is 489 g/mol. The lowest BCUT2D eigenvalue weighted by atomic mass is 9.79. The fourth-order valence-corrected chi connectivity index (χ4v) is 8.49. The molecule has 0 saturated heterocycles. The van der Waals surface area contributed by atoms with E-state index in [4.69, 9.17) is 4.98 Å². The lowest BCUT2D eigenvalue weighted by molar-refractivity contribution is 0.255. The van der Waals surface area contributed by atoms with Crippen molar-refractivity contribution in [2.75, 3.05) is 0 Å². The van der Waals surface area contributed by atoms with E-state index < -0.39 is 0 Å². The van der Waals surface area contributed by atoms with Gasteiger partial charge >= 0.3 is 0 Å². The first-order valence-corrected chi connectivity index (χ1v) is 14.6. The van der Waals surface area contributed by atoms with E-state index in [1.807, 2.05) is 17.5 Å². The van der Waals surface area contributed by atoms with Crippen LogP contribution >= 0.6 is 11.3 Å². The van der Waals surface area contributed by atoms with Crippen LogP contribution in [0.15, 0.2) is 60.8 Å². The standard InChI is InChI=1S/C34H35NS/c1-34(2,3)30-20-25(18-22-11-7-8-12-26(22)30)31-33-28(15-16-35-31)27-14-13-23-17-24(19-29(23)32(27)36-33)21-9-5-4-6-10-21/h7-8,11-16,18,20-21,24H,4-6,9-10,17,19H2,1-3H3. The summed E-state index contributed by atoms with van der Waals surface area (Å²) in [6, 6.07) is 20.7. The van der Waals surface area contributed by atoms with E-state index in [0.717, 1.165) is 17.5 Å². The first-order chi connectivity index (χ1) is 17.5. The average Bonchev–Trinajstić information content (AvgIpc) is 3.49. The highest BCUT2D eigenvalue weighted by molar-refractivity contribution is 7.26. The summed E-state index contributed by atoms with van der Waals surface area (Å²) in [5.41, 5.74) is 7.10. The van der Waals surface area contributed by atoms with Crippen LogP contribution < -0.4 is 0 Å². The van der Waals surface area contributed by atoms with Gasteiger partial charge in [-0.2, -0.15) is 0 Å². The third-order valence-electron chi connectivity index (χ3n) is 8.96. The summed E-state index contributed by atoms with van der Waals surface area (Å²) in [5, 5.41) is 5.45. The van der Waals surface area contributed by atoms with E-state index in [9.17, 15) is 0 Å². The number of benzene rings is 3. The second-order valence-electron chi connectivity index (χ2n) is 12.3. The first-order valence-electron chi connectivity index (χ1n) is 13.8. The van der Waals surface area contributed by atoms with Crippen LogP contribution in [0.1, 0.15) is 69.6 Å². The maximum atomic E-state index is 4.99. The molecular formula is C34H35NS. The molecule has 0 aliphatic heterocycles. The third-order valence-corrected chi connectivity index (χ3v) is 10.3. The molecular weight excluding hydrogens is 454 g/mol. The summed E-state index contributed by atoms with van der Waals surface area (Å²) in [7, 11) is 0. The summed E-state index contributed by atoms with van der Waals surface area (Å²) in [6.07, 6.45) is 11.8. The van der Waals surface area contributed by atoms with Gasteiger partial charge in [0.15, 0.2) is 0 Å². The molecule has 1 saturated carbocycles. The smallest absolute Gasteiger partial charge is 0.0880 e. The van der Waals surface area contributed by atoms with E-state index in [2.05, 4.69) is 75.4 Å². The van der Waals surface area contributed by atoms with Crippen LogP contribution in [0.25, 0.3) is 42.2 Å². The van der Waals surface area contributed by atoms with Gasteiger partial charge < -0.3 is 0 Å². The second kappa shape index (κ2) is 8.42. The van der Waals surface area contributed by atoms with E-state index in [-0.39, 0.29) is 5.41 Å². The molecule has 2 heterocycles. The van der Waals surface area contributed by atoms with Gasteiger partial charge in [0.25, 0.3) is 0 Å². The molecule has 0 amide bonds. The molecule has 1 fully saturated rings. The van der Waals surface area contributed by atoms with Crippen molar-refractivity contribution in [2.45, 2.75) is 71.1 Å². The number of nitrogens with zero attached hydrogens (tertiary/aromatic N) is 1. The van der Waals surface area contributed by atoms with Crippen molar-refractivity contribution in [1.29, 1.82) is 0 Å². The van der Waals surface area contributed by atoms with E-state index in [1.165, 1.54) is 87.0 Å². The molecule has 36 heavy (non-hydrogen) atoms. The van der Waals surface area contributed by atoms with Gasteiger partial charge in [0.1, 0.15) is 0 Å². The van der Waals surface area contributed by atoms with E-state index in [0.29, 0.717) is 0 Å². The van der Waals surface area contributed by atoms with Gasteiger partial charge in [-0.05, 0) is 75.8 Å². The minimum Gasteiger partial charge on any atom is -0.255 e. The summed E-state index contributed by atoms with van der Waals surface area (Å²) < 4.78 is 2.86. The van der Waals surface area contributed by atoms with Gasteiger partial charge in [0.2, 0.25) is 0 Å². The van der Waals surface area contributed by atoms with Crippen LogP contribution in [0, 0.1) is 11.8 Å². The number of hydrogen-bond acceptors (Lipinski definition) is 2. The first kappa shape index (κ1) is 22.5. The van der Waals surface area contributed by atoms with Crippen molar-refractivity contribution >= 4 is 42.3 Å². The number of pyridine rings is 1. The second-order valence-corrected chi connectivity index (χ2v) is 13.3. The lowest BCUT2D eigenvalue weighted by Gasteiger charge is -2.27. The molecule has 1 unspecified atom stereocenters. The summed E-state index contributed by atoms with van der Waals surface area (Å²) in [6.45, 7) is 6.95. The molecule has 0 radical (unpaired) electrons. The molecule has 7 rings (SSSR count). The van der Waals surface area contributed by atoms with Crippen molar-refractivity contribution in [1.82, 2.24) is 4.98 Å². The van der Waals surface area contributed by atoms with Crippen LogP contribution in [-0.4, -0.2) is 4.98 Å². The molecule has 0 N–H and O–H groups in total. The largest absolute Gasteiger partial charge is 0.255 e. The Bertz CT molecular complexity index is 1610. The zero-order valence-electron chi connectivity index (χ0n) is 21.7. The predicted molar refractivity (Wildman–Crippen MR) is 156 cm³/mol. The van der Waals surface area contributed by atoms with Crippen molar-refractivity contribution < 1.29 is 0 Å². The Morgan fingerprint density at radius 3 is 2.42 bits per heavy atom. The van der Waals surface area contributed by atoms with Crippen LogP contribution in [0.3, 0.4) is 0 Å². The number of fused-ring (bicyclic) bond motifs is 6. The highest BCUT2D eigenvalue weighted by Crippen LogP contribution is 2.47. The van der Waals surface area contributed by atoms with Crippen molar-refractivity contribution in [2.24, 2.45) is 11.8 Å². The van der Waals surface area contributed by atoms with Gasteiger partial charge in [-0.3, -0.25) is 4.98 Å². The van der Waals surface area contributed by atoms with E-state index >= 15 is 0 Å². The molecule has 2 heteroatoms. The highest BCUT2D eigenvalue weighted by Gasteiger charge is 2.31. The number of rotatable bonds is 2. The molecule has 0 bridgehead atoms. The van der Waals surface area contributed by atoms with Crippen molar-refractivity contribution in [3.8, 4) is 11.3 Å². The molecule has 5 aromatic rings.